The summed E-state index contributed by atoms with van der Waals surface area (Å²) in [4.78, 5) is 5.41. The number of nitrogens with zero attached hydrogens (tertiary/aromatic N) is 5. The van der Waals surface area contributed by atoms with E-state index in [1.54, 1.807) is 0 Å². The maximum atomic E-state index is 5.41. The minimum atomic E-state index is 0.880. The molecule has 0 unspecified atom stereocenters. The van der Waals surface area contributed by atoms with Gasteiger partial charge in [-0.05, 0) is 108 Å². The summed E-state index contributed by atoms with van der Waals surface area (Å²) in [5, 5.41) is 9.79. The molecule has 0 fully saturated rings. The van der Waals surface area contributed by atoms with Crippen LogP contribution >= 0.6 is 0 Å². The van der Waals surface area contributed by atoms with E-state index in [-0.39, 0.29) is 0 Å². The summed E-state index contributed by atoms with van der Waals surface area (Å²) >= 11 is 0. The predicted octanol–water partition coefficient (Wildman–Crippen LogP) is 15.1. The third kappa shape index (κ3) is 4.98. The van der Waals surface area contributed by atoms with Crippen LogP contribution < -0.4 is 0 Å². The number of pyridine rings is 1. The number of rotatable bonds is 5. The lowest BCUT2D eigenvalue weighted by molar-refractivity contribution is 1.01. The zero-order valence-electron chi connectivity index (χ0n) is 34.6. The Bertz CT molecular complexity index is 4140. The summed E-state index contributed by atoms with van der Waals surface area (Å²) in [6.07, 6.45) is 0. The second kappa shape index (κ2) is 13.4. The van der Waals surface area contributed by atoms with Crippen LogP contribution in [0.15, 0.2) is 224 Å². The van der Waals surface area contributed by atoms with Gasteiger partial charge in [0.2, 0.25) is 0 Å². The van der Waals surface area contributed by atoms with Gasteiger partial charge in [-0.25, -0.2) is 4.98 Å². The normalized spacial score (nSPS) is 12.1. The van der Waals surface area contributed by atoms with Crippen molar-refractivity contribution < 1.29 is 0 Å². The van der Waals surface area contributed by atoms with Gasteiger partial charge in [0, 0.05) is 54.5 Å². The highest BCUT2D eigenvalue weighted by atomic mass is 15.1. The molecule has 14 rings (SSSR count). The number of fused-ring (bicyclic) bond motifs is 12. The van der Waals surface area contributed by atoms with Gasteiger partial charge < -0.3 is 9.13 Å². The van der Waals surface area contributed by atoms with E-state index in [0.29, 0.717) is 0 Å². The minimum Gasteiger partial charge on any atom is -0.309 e. The zero-order chi connectivity index (χ0) is 41.9. The molecule has 0 saturated carbocycles. The third-order valence-corrected chi connectivity index (χ3v) is 13.4. The smallest absolute Gasteiger partial charge is 0.140 e. The van der Waals surface area contributed by atoms with Crippen LogP contribution in [0.5, 0.6) is 0 Å². The van der Waals surface area contributed by atoms with Crippen molar-refractivity contribution in [1.29, 1.82) is 0 Å². The average molecular weight is 816 g/mol. The quantitative estimate of drug-likeness (QED) is 0.170. The fourth-order valence-electron chi connectivity index (χ4n) is 10.6. The molecule has 5 nitrogen and oxygen atoms in total. The highest BCUT2D eigenvalue weighted by Gasteiger charge is 2.20. The Kier molecular flexibility index (Phi) is 7.33. The summed E-state index contributed by atoms with van der Waals surface area (Å²) in [5.41, 5.74) is 14.0. The maximum absolute atomic E-state index is 5.41. The molecule has 0 bridgehead atoms. The highest BCUT2D eigenvalue weighted by molar-refractivity contribution is 6.14. The summed E-state index contributed by atoms with van der Waals surface area (Å²) in [6.45, 7) is 0. The van der Waals surface area contributed by atoms with Crippen LogP contribution in [0.25, 0.3) is 121 Å². The SMILES string of the molecule is c1ccc(-n2c3ccccc3c3cc(-c4ccc5c(c4)c4ccccc4n5-c4ccc5c(c4)c4ccccc4n5-c4cccc(-n5c6ccccc6c6ccccc65)n4)ccc32)cc1. The molecule has 5 heterocycles. The lowest BCUT2D eigenvalue weighted by Gasteiger charge is -2.12. The minimum absolute atomic E-state index is 0.880. The molecule has 0 amide bonds. The molecule has 0 radical (unpaired) electrons. The van der Waals surface area contributed by atoms with Gasteiger partial charge in [0.15, 0.2) is 0 Å². The summed E-state index contributed by atoms with van der Waals surface area (Å²) < 4.78 is 9.41. The van der Waals surface area contributed by atoms with Crippen LogP contribution in [0.2, 0.25) is 0 Å². The van der Waals surface area contributed by atoms with Gasteiger partial charge in [-0.3, -0.25) is 9.13 Å². The number of hydrogen-bond donors (Lipinski definition) is 0. The van der Waals surface area contributed by atoms with Gasteiger partial charge >= 0.3 is 0 Å². The molecule has 0 spiro atoms. The van der Waals surface area contributed by atoms with Crippen LogP contribution in [-0.4, -0.2) is 23.3 Å². The van der Waals surface area contributed by atoms with Crippen molar-refractivity contribution in [2.24, 2.45) is 0 Å². The zero-order valence-corrected chi connectivity index (χ0v) is 34.6. The molecule has 0 atom stereocenters. The van der Waals surface area contributed by atoms with Gasteiger partial charge in [-0.15, -0.1) is 0 Å². The standard InChI is InChI=1S/C59H37N5/c1-2-15-40(16-3-1)61-50-22-9-6-19-44(50)47-35-38(29-32-55(47)61)39-30-33-56-48(36-39)45-20-7-10-23-51(45)62(56)41-31-34-57-49(37-41)46-21-8-13-26-54(46)64(57)59-28-14-27-58(60-59)63-52-24-11-4-17-42(52)43-18-5-12-25-53(43)63/h1-37H. The first-order valence-corrected chi connectivity index (χ1v) is 21.9. The summed E-state index contributed by atoms with van der Waals surface area (Å²) in [5.74, 6) is 1.77. The van der Waals surface area contributed by atoms with Crippen molar-refractivity contribution in [3.05, 3.63) is 224 Å². The van der Waals surface area contributed by atoms with E-state index >= 15 is 0 Å². The van der Waals surface area contributed by atoms with Crippen LogP contribution in [0.4, 0.5) is 0 Å². The average Bonchev–Trinajstić information content (AvgIpc) is 4.09. The Morgan fingerprint density at radius 1 is 0.219 bits per heavy atom. The van der Waals surface area contributed by atoms with Crippen molar-refractivity contribution in [1.82, 2.24) is 23.3 Å². The van der Waals surface area contributed by atoms with Gasteiger partial charge in [-0.1, -0.05) is 127 Å². The first-order valence-electron chi connectivity index (χ1n) is 21.9. The molecule has 0 saturated heterocycles. The molecule has 0 aliphatic rings. The van der Waals surface area contributed by atoms with E-state index < -0.39 is 0 Å². The van der Waals surface area contributed by atoms with E-state index in [0.717, 1.165) is 39.4 Å². The van der Waals surface area contributed by atoms with Crippen molar-refractivity contribution in [3.8, 4) is 34.1 Å². The van der Waals surface area contributed by atoms with Crippen LogP contribution in [-0.2, 0) is 0 Å². The Morgan fingerprint density at radius 3 is 1.05 bits per heavy atom. The lowest BCUT2D eigenvalue weighted by Crippen LogP contribution is -2.03. The molecule has 0 N–H and O–H groups in total. The van der Waals surface area contributed by atoms with Crippen molar-refractivity contribution in [2.75, 3.05) is 0 Å². The largest absolute Gasteiger partial charge is 0.309 e. The van der Waals surface area contributed by atoms with Crippen LogP contribution in [0.3, 0.4) is 0 Å². The van der Waals surface area contributed by atoms with E-state index in [2.05, 4.69) is 243 Å². The molecule has 14 aromatic rings. The Morgan fingerprint density at radius 2 is 0.562 bits per heavy atom. The second-order valence-electron chi connectivity index (χ2n) is 16.8. The molecule has 5 heteroatoms. The van der Waals surface area contributed by atoms with E-state index in [9.17, 15) is 0 Å². The molecule has 5 aromatic heterocycles. The van der Waals surface area contributed by atoms with E-state index in [1.165, 1.54) is 82.0 Å². The lowest BCUT2D eigenvalue weighted by atomic mass is 10.0. The summed E-state index contributed by atoms with van der Waals surface area (Å²) in [6, 6.07) is 81.3. The Balaban J connectivity index is 0.918. The van der Waals surface area contributed by atoms with Crippen molar-refractivity contribution >= 4 is 87.2 Å². The van der Waals surface area contributed by atoms with Crippen LogP contribution in [0, 0.1) is 0 Å². The van der Waals surface area contributed by atoms with Crippen molar-refractivity contribution in [2.45, 2.75) is 0 Å². The Labute approximate surface area is 367 Å². The first kappa shape index (κ1) is 35.0. The highest BCUT2D eigenvalue weighted by Crippen LogP contribution is 2.40. The fraction of sp³-hybridized carbons (Fsp3) is 0. The summed E-state index contributed by atoms with van der Waals surface area (Å²) in [7, 11) is 0. The molecule has 64 heavy (non-hydrogen) atoms. The molecule has 298 valence electrons. The van der Waals surface area contributed by atoms with Gasteiger partial charge in [0.05, 0.1) is 44.1 Å². The maximum Gasteiger partial charge on any atom is 0.140 e. The molecule has 0 aliphatic heterocycles. The van der Waals surface area contributed by atoms with E-state index in [4.69, 9.17) is 4.98 Å². The number of para-hydroxylation sites is 6. The number of hydrogen-bond acceptors (Lipinski definition) is 1. The Hall–Kier alpha value is -8.67. The molecule has 9 aromatic carbocycles. The first-order chi connectivity index (χ1) is 31.8. The van der Waals surface area contributed by atoms with Crippen molar-refractivity contribution in [3.63, 3.8) is 0 Å². The molecular weight excluding hydrogens is 779 g/mol. The van der Waals surface area contributed by atoms with Gasteiger partial charge in [0.25, 0.3) is 0 Å². The van der Waals surface area contributed by atoms with E-state index in [1.807, 2.05) is 0 Å². The fourth-order valence-corrected chi connectivity index (χ4v) is 10.6. The monoisotopic (exact) mass is 815 g/mol. The third-order valence-electron chi connectivity index (χ3n) is 13.4. The number of benzene rings is 9. The number of aromatic nitrogens is 5. The topological polar surface area (TPSA) is 32.6 Å². The molecular formula is C59H37N5. The van der Waals surface area contributed by atoms with Gasteiger partial charge in [0.1, 0.15) is 11.6 Å². The predicted molar refractivity (Wildman–Crippen MR) is 267 cm³/mol. The second-order valence-corrected chi connectivity index (χ2v) is 16.8. The molecule has 0 aliphatic carbocycles. The van der Waals surface area contributed by atoms with Gasteiger partial charge in [-0.2, -0.15) is 0 Å². The van der Waals surface area contributed by atoms with Crippen LogP contribution in [0.1, 0.15) is 0 Å².